The van der Waals surface area contributed by atoms with E-state index in [2.05, 4.69) is 17.6 Å². The summed E-state index contributed by atoms with van der Waals surface area (Å²) < 4.78 is 0. The molecule has 0 spiro atoms. The number of carbonyl (C=O) groups excluding carboxylic acids is 1. The third-order valence-electron chi connectivity index (χ3n) is 2.56. The van der Waals surface area contributed by atoms with Crippen LogP contribution in [-0.4, -0.2) is 19.0 Å². The van der Waals surface area contributed by atoms with Crippen molar-refractivity contribution < 1.29 is 4.79 Å². The van der Waals surface area contributed by atoms with Crippen molar-refractivity contribution >= 4 is 11.6 Å². The molecule has 1 aromatic rings. The first-order valence-electron chi connectivity index (χ1n) is 6.38. The number of unbranched alkanes of at least 4 members (excludes halogenated alkanes) is 2. The van der Waals surface area contributed by atoms with Crippen LogP contribution in [0, 0.1) is 0 Å². The van der Waals surface area contributed by atoms with Gasteiger partial charge in [-0.05, 0) is 18.6 Å². The highest BCUT2D eigenvalue weighted by Crippen LogP contribution is 2.04. The van der Waals surface area contributed by atoms with Crippen molar-refractivity contribution in [2.75, 3.05) is 18.4 Å². The minimum Gasteiger partial charge on any atom is -0.385 e. The number of rotatable bonds is 8. The van der Waals surface area contributed by atoms with Crippen LogP contribution >= 0.6 is 0 Å². The highest BCUT2D eigenvalue weighted by Gasteiger charge is 1.99. The number of anilines is 1. The molecule has 94 valence electrons. The highest BCUT2D eigenvalue weighted by atomic mass is 16.1. The van der Waals surface area contributed by atoms with E-state index in [0.29, 0.717) is 13.0 Å². The zero-order valence-corrected chi connectivity index (χ0v) is 10.5. The third kappa shape index (κ3) is 6.61. The Hall–Kier alpha value is -1.51. The number of para-hydroxylation sites is 1. The van der Waals surface area contributed by atoms with Gasteiger partial charge >= 0.3 is 0 Å². The van der Waals surface area contributed by atoms with Gasteiger partial charge in [-0.25, -0.2) is 0 Å². The molecule has 2 N–H and O–H groups in total. The molecule has 0 aliphatic heterocycles. The molecule has 0 aliphatic carbocycles. The van der Waals surface area contributed by atoms with Gasteiger partial charge in [0.1, 0.15) is 0 Å². The van der Waals surface area contributed by atoms with Gasteiger partial charge in [-0.3, -0.25) is 4.79 Å². The predicted molar refractivity (Wildman–Crippen MR) is 72.1 cm³/mol. The summed E-state index contributed by atoms with van der Waals surface area (Å²) in [6.07, 6.45) is 3.98. The zero-order chi connectivity index (χ0) is 12.3. The molecule has 0 fully saturated rings. The Bertz CT molecular complexity index is 311. The van der Waals surface area contributed by atoms with Crippen LogP contribution in [-0.2, 0) is 4.79 Å². The average Bonchev–Trinajstić information content (AvgIpc) is 2.36. The normalized spacial score (nSPS) is 9.94. The van der Waals surface area contributed by atoms with E-state index in [-0.39, 0.29) is 5.91 Å². The van der Waals surface area contributed by atoms with E-state index in [4.69, 9.17) is 0 Å². The Labute approximate surface area is 104 Å². The molecular formula is C14H22N2O. The largest absolute Gasteiger partial charge is 0.385 e. The van der Waals surface area contributed by atoms with Gasteiger partial charge in [-0.2, -0.15) is 0 Å². The second-order valence-corrected chi connectivity index (χ2v) is 4.10. The summed E-state index contributed by atoms with van der Waals surface area (Å²) in [5.41, 5.74) is 1.06. The summed E-state index contributed by atoms with van der Waals surface area (Å²) in [7, 11) is 0. The van der Waals surface area contributed by atoms with Crippen LogP contribution in [0.4, 0.5) is 5.69 Å². The van der Waals surface area contributed by atoms with Crippen LogP contribution in [0.2, 0.25) is 0 Å². The Morgan fingerprint density at radius 1 is 1.12 bits per heavy atom. The first kappa shape index (κ1) is 13.6. The van der Waals surface area contributed by atoms with Crippen molar-refractivity contribution in [3.8, 4) is 0 Å². The lowest BCUT2D eigenvalue weighted by atomic mass is 10.2. The van der Waals surface area contributed by atoms with Gasteiger partial charge in [0, 0.05) is 25.2 Å². The van der Waals surface area contributed by atoms with Gasteiger partial charge in [0.25, 0.3) is 0 Å². The molecule has 0 radical (unpaired) electrons. The second-order valence-electron chi connectivity index (χ2n) is 4.10. The topological polar surface area (TPSA) is 41.1 Å². The number of amides is 1. The van der Waals surface area contributed by atoms with Gasteiger partial charge in [0.15, 0.2) is 0 Å². The van der Waals surface area contributed by atoms with E-state index in [1.807, 2.05) is 30.3 Å². The molecule has 0 saturated carbocycles. The molecular weight excluding hydrogens is 212 g/mol. The van der Waals surface area contributed by atoms with E-state index in [9.17, 15) is 4.79 Å². The fraction of sp³-hybridized carbons (Fsp3) is 0.500. The number of hydrogen-bond donors (Lipinski definition) is 2. The number of carbonyl (C=O) groups is 1. The van der Waals surface area contributed by atoms with Crippen molar-refractivity contribution in [1.82, 2.24) is 5.32 Å². The lowest BCUT2D eigenvalue weighted by molar-refractivity contribution is -0.120. The summed E-state index contributed by atoms with van der Waals surface area (Å²) >= 11 is 0. The summed E-state index contributed by atoms with van der Waals surface area (Å²) in [5.74, 6) is 0.129. The summed E-state index contributed by atoms with van der Waals surface area (Å²) in [6.45, 7) is 3.65. The summed E-state index contributed by atoms with van der Waals surface area (Å²) in [6, 6.07) is 9.93. The molecule has 1 aromatic carbocycles. The van der Waals surface area contributed by atoms with Crippen LogP contribution in [0.25, 0.3) is 0 Å². The maximum atomic E-state index is 11.4. The molecule has 3 heteroatoms. The standard InChI is InChI=1S/C14H22N2O/c1-2-3-7-11-16-14(17)10-12-15-13-8-5-4-6-9-13/h4-6,8-9,15H,2-3,7,10-12H2,1H3,(H,16,17). The predicted octanol–water partition coefficient (Wildman–Crippen LogP) is 2.80. The molecule has 0 aromatic heterocycles. The Balaban J connectivity index is 2.04. The fourth-order valence-corrected chi connectivity index (χ4v) is 1.57. The van der Waals surface area contributed by atoms with Gasteiger partial charge in [0.2, 0.25) is 5.91 Å². The van der Waals surface area contributed by atoms with Crippen LogP contribution in [0.1, 0.15) is 32.6 Å². The van der Waals surface area contributed by atoms with Crippen LogP contribution in [0.15, 0.2) is 30.3 Å². The number of hydrogen-bond acceptors (Lipinski definition) is 2. The molecule has 0 heterocycles. The van der Waals surface area contributed by atoms with Crippen molar-refractivity contribution in [3.05, 3.63) is 30.3 Å². The maximum absolute atomic E-state index is 11.4. The minimum absolute atomic E-state index is 0.129. The van der Waals surface area contributed by atoms with Crippen LogP contribution < -0.4 is 10.6 Å². The Morgan fingerprint density at radius 3 is 2.59 bits per heavy atom. The fourth-order valence-electron chi connectivity index (χ4n) is 1.57. The monoisotopic (exact) mass is 234 g/mol. The van der Waals surface area contributed by atoms with Crippen LogP contribution in [0.3, 0.4) is 0 Å². The van der Waals surface area contributed by atoms with Gasteiger partial charge < -0.3 is 10.6 Å². The second kappa shape index (κ2) is 8.62. The molecule has 0 atom stereocenters. The van der Waals surface area contributed by atoms with Crippen molar-refractivity contribution in [3.63, 3.8) is 0 Å². The summed E-state index contributed by atoms with van der Waals surface area (Å²) in [5, 5.41) is 6.14. The van der Waals surface area contributed by atoms with E-state index in [0.717, 1.165) is 18.7 Å². The van der Waals surface area contributed by atoms with Gasteiger partial charge in [0.05, 0.1) is 0 Å². The smallest absolute Gasteiger partial charge is 0.221 e. The highest BCUT2D eigenvalue weighted by molar-refractivity contribution is 5.76. The molecule has 0 unspecified atom stereocenters. The van der Waals surface area contributed by atoms with E-state index in [1.165, 1.54) is 12.8 Å². The number of benzene rings is 1. The Kier molecular flexibility index (Phi) is 6.87. The first-order chi connectivity index (χ1) is 8.33. The van der Waals surface area contributed by atoms with E-state index < -0.39 is 0 Å². The minimum atomic E-state index is 0.129. The van der Waals surface area contributed by atoms with E-state index in [1.54, 1.807) is 0 Å². The number of nitrogens with one attached hydrogen (secondary N) is 2. The lowest BCUT2D eigenvalue weighted by Crippen LogP contribution is -2.26. The van der Waals surface area contributed by atoms with Gasteiger partial charge in [-0.15, -0.1) is 0 Å². The van der Waals surface area contributed by atoms with Crippen molar-refractivity contribution in [1.29, 1.82) is 0 Å². The molecule has 0 aliphatic rings. The first-order valence-corrected chi connectivity index (χ1v) is 6.38. The quantitative estimate of drug-likeness (QED) is 0.679. The van der Waals surface area contributed by atoms with Crippen LogP contribution in [0.5, 0.6) is 0 Å². The molecule has 17 heavy (non-hydrogen) atoms. The van der Waals surface area contributed by atoms with Crippen molar-refractivity contribution in [2.24, 2.45) is 0 Å². The van der Waals surface area contributed by atoms with Gasteiger partial charge in [-0.1, -0.05) is 38.0 Å². The molecule has 1 rings (SSSR count). The average molecular weight is 234 g/mol. The van der Waals surface area contributed by atoms with Crippen molar-refractivity contribution in [2.45, 2.75) is 32.6 Å². The molecule has 0 bridgehead atoms. The maximum Gasteiger partial charge on any atom is 0.221 e. The lowest BCUT2D eigenvalue weighted by Gasteiger charge is -2.07. The zero-order valence-electron chi connectivity index (χ0n) is 10.5. The van der Waals surface area contributed by atoms with E-state index >= 15 is 0 Å². The molecule has 1 amide bonds. The third-order valence-corrected chi connectivity index (χ3v) is 2.56. The SMILES string of the molecule is CCCCCNC(=O)CCNc1ccccc1. The Morgan fingerprint density at radius 2 is 1.88 bits per heavy atom. The summed E-state index contributed by atoms with van der Waals surface area (Å²) in [4.78, 5) is 11.4. The molecule has 3 nitrogen and oxygen atoms in total. The molecule has 0 saturated heterocycles.